The van der Waals surface area contributed by atoms with E-state index in [1.165, 1.54) is 0 Å². The highest BCUT2D eigenvalue weighted by atomic mass is 79.9. The van der Waals surface area contributed by atoms with Crippen LogP contribution in [0.15, 0.2) is 34.9 Å². The first-order valence-electron chi connectivity index (χ1n) is 5.73. The van der Waals surface area contributed by atoms with Gasteiger partial charge in [0.15, 0.2) is 0 Å². The van der Waals surface area contributed by atoms with E-state index in [1.807, 2.05) is 36.2 Å². The molecular formula is C13H13BrN4OS. The van der Waals surface area contributed by atoms with Crippen LogP contribution in [0.1, 0.15) is 5.56 Å². The number of nitrogens with two attached hydrogens (primary N) is 1. The summed E-state index contributed by atoms with van der Waals surface area (Å²) in [5.41, 5.74) is 7.33. The summed E-state index contributed by atoms with van der Waals surface area (Å²) >= 11 is 8.31. The largest absolute Gasteiger partial charge is 0.480 e. The van der Waals surface area contributed by atoms with E-state index in [-0.39, 0.29) is 0 Å². The van der Waals surface area contributed by atoms with Crippen LogP contribution in [0.4, 0.5) is 11.6 Å². The van der Waals surface area contributed by atoms with Crippen LogP contribution in [-0.4, -0.2) is 29.1 Å². The molecule has 0 saturated carbocycles. The lowest BCUT2D eigenvalue weighted by molar-refractivity contribution is 0.394. The normalized spacial score (nSPS) is 10.2. The lowest BCUT2D eigenvalue weighted by atomic mass is 10.2. The molecule has 0 spiro atoms. The molecule has 0 saturated heterocycles. The van der Waals surface area contributed by atoms with Gasteiger partial charge in [-0.1, -0.05) is 24.4 Å². The number of hydrogen-bond acceptors (Lipinski definition) is 5. The summed E-state index contributed by atoms with van der Waals surface area (Å²) < 4.78 is 5.87. The minimum Gasteiger partial charge on any atom is -0.480 e. The number of hydrogen-bond donors (Lipinski definition) is 1. The van der Waals surface area contributed by atoms with Crippen molar-refractivity contribution in [1.29, 1.82) is 0 Å². The Hall–Kier alpha value is -1.73. The molecule has 0 aliphatic heterocycles. The second-order valence-corrected chi connectivity index (χ2v) is 5.29. The maximum absolute atomic E-state index is 5.64. The van der Waals surface area contributed by atoms with Crippen molar-refractivity contribution in [2.24, 2.45) is 5.73 Å². The zero-order valence-electron chi connectivity index (χ0n) is 11.0. The van der Waals surface area contributed by atoms with Gasteiger partial charge in [0.25, 0.3) is 0 Å². The van der Waals surface area contributed by atoms with Crippen LogP contribution in [0.2, 0.25) is 0 Å². The molecule has 0 aliphatic carbocycles. The Kier molecular flexibility index (Phi) is 4.51. The summed E-state index contributed by atoms with van der Waals surface area (Å²) in [5, 5.41) is 0. The molecule has 0 amide bonds. The summed E-state index contributed by atoms with van der Waals surface area (Å²) in [6.07, 6.45) is 1.65. The average Bonchev–Trinajstić information content (AvgIpc) is 2.47. The van der Waals surface area contributed by atoms with Gasteiger partial charge in [0.05, 0.1) is 17.8 Å². The van der Waals surface area contributed by atoms with Crippen molar-refractivity contribution in [2.45, 2.75) is 0 Å². The van der Waals surface area contributed by atoms with Crippen LogP contribution in [0.25, 0.3) is 0 Å². The third kappa shape index (κ3) is 3.05. The Morgan fingerprint density at radius 1 is 1.45 bits per heavy atom. The van der Waals surface area contributed by atoms with E-state index in [0.717, 1.165) is 11.3 Å². The van der Waals surface area contributed by atoms with E-state index in [4.69, 9.17) is 22.7 Å². The molecule has 1 aromatic heterocycles. The number of anilines is 2. The zero-order valence-corrected chi connectivity index (χ0v) is 13.4. The molecule has 0 bridgehead atoms. The Morgan fingerprint density at radius 3 is 2.85 bits per heavy atom. The third-order valence-corrected chi connectivity index (χ3v) is 3.49. The maximum atomic E-state index is 5.64. The predicted molar refractivity (Wildman–Crippen MR) is 86.7 cm³/mol. The van der Waals surface area contributed by atoms with Crippen molar-refractivity contribution in [3.63, 3.8) is 0 Å². The fourth-order valence-corrected chi connectivity index (χ4v) is 2.11. The lowest BCUT2D eigenvalue weighted by Crippen LogP contribution is -2.15. The van der Waals surface area contributed by atoms with Gasteiger partial charge in [-0.25, -0.2) is 4.98 Å². The molecule has 0 fully saturated rings. The Bertz CT molecular complexity index is 650. The van der Waals surface area contributed by atoms with Gasteiger partial charge in [0.1, 0.15) is 4.99 Å². The summed E-state index contributed by atoms with van der Waals surface area (Å²) in [6, 6.07) is 7.57. The van der Waals surface area contributed by atoms with Crippen molar-refractivity contribution >= 4 is 44.8 Å². The number of thiocarbonyl (C=S) groups is 1. The smallest absolute Gasteiger partial charge is 0.232 e. The van der Waals surface area contributed by atoms with E-state index < -0.39 is 0 Å². The van der Waals surface area contributed by atoms with Crippen molar-refractivity contribution in [1.82, 2.24) is 9.97 Å². The van der Waals surface area contributed by atoms with Crippen molar-refractivity contribution < 1.29 is 4.74 Å². The molecule has 5 nitrogen and oxygen atoms in total. The second-order valence-electron chi connectivity index (χ2n) is 4.00. The van der Waals surface area contributed by atoms with Crippen molar-refractivity contribution in [2.75, 3.05) is 19.1 Å². The van der Waals surface area contributed by atoms with E-state index in [9.17, 15) is 0 Å². The van der Waals surface area contributed by atoms with Gasteiger partial charge < -0.3 is 15.4 Å². The highest BCUT2D eigenvalue weighted by molar-refractivity contribution is 9.10. The van der Waals surface area contributed by atoms with E-state index in [2.05, 4.69) is 25.9 Å². The molecular weight excluding hydrogens is 340 g/mol. The lowest BCUT2D eigenvalue weighted by Gasteiger charge is -2.18. The topological polar surface area (TPSA) is 64.3 Å². The first-order valence-corrected chi connectivity index (χ1v) is 6.93. The number of methoxy groups -OCH3 is 1. The Balaban J connectivity index is 2.38. The minimum atomic E-state index is 0.356. The molecule has 20 heavy (non-hydrogen) atoms. The molecule has 2 aromatic rings. The van der Waals surface area contributed by atoms with E-state index in [0.29, 0.717) is 21.3 Å². The van der Waals surface area contributed by atoms with Gasteiger partial charge in [-0.3, -0.25) is 0 Å². The maximum Gasteiger partial charge on any atom is 0.232 e. The van der Waals surface area contributed by atoms with Crippen LogP contribution in [-0.2, 0) is 0 Å². The van der Waals surface area contributed by atoms with Gasteiger partial charge in [-0.05, 0) is 28.1 Å². The molecule has 0 aliphatic rings. The van der Waals surface area contributed by atoms with E-state index >= 15 is 0 Å². The summed E-state index contributed by atoms with van der Waals surface area (Å²) in [5.74, 6) is 0.998. The molecule has 0 radical (unpaired) electrons. The summed E-state index contributed by atoms with van der Waals surface area (Å²) in [4.78, 5) is 10.8. The SMILES string of the molecule is COc1nc(N(C)c2cccc(C(N)=S)c2)ncc1Br. The van der Waals surface area contributed by atoms with Crippen LogP contribution < -0.4 is 15.4 Å². The predicted octanol–water partition coefficient (Wildman–Crippen LogP) is 2.65. The van der Waals surface area contributed by atoms with Gasteiger partial charge in [-0.2, -0.15) is 4.98 Å². The molecule has 1 heterocycles. The average molecular weight is 353 g/mol. The van der Waals surface area contributed by atoms with Crippen LogP contribution in [0.3, 0.4) is 0 Å². The number of benzene rings is 1. The van der Waals surface area contributed by atoms with Crippen molar-refractivity contribution in [3.8, 4) is 5.88 Å². The fraction of sp³-hybridized carbons (Fsp3) is 0.154. The molecule has 0 atom stereocenters. The zero-order chi connectivity index (χ0) is 14.7. The van der Waals surface area contributed by atoms with Gasteiger partial charge in [0.2, 0.25) is 11.8 Å². The fourth-order valence-electron chi connectivity index (χ4n) is 1.63. The number of ether oxygens (including phenoxy) is 1. The standard InChI is InChI=1S/C13H13BrN4OS/c1-18(9-5-3-4-8(6-9)11(15)20)13-16-7-10(14)12(17-13)19-2/h3-7H,1-2H3,(H2,15,20). The molecule has 2 rings (SSSR count). The monoisotopic (exact) mass is 352 g/mol. The molecule has 104 valence electrons. The van der Waals surface area contributed by atoms with Crippen LogP contribution in [0, 0.1) is 0 Å². The number of nitrogens with zero attached hydrogens (tertiary/aromatic N) is 3. The van der Waals surface area contributed by atoms with Gasteiger partial charge >= 0.3 is 0 Å². The number of rotatable bonds is 4. The second kappa shape index (κ2) is 6.15. The molecule has 0 unspecified atom stereocenters. The highest BCUT2D eigenvalue weighted by Gasteiger charge is 2.11. The molecule has 2 N–H and O–H groups in total. The number of halogens is 1. The van der Waals surface area contributed by atoms with Crippen LogP contribution >= 0.6 is 28.1 Å². The molecule has 7 heteroatoms. The molecule has 1 aromatic carbocycles. The first kappa shape index (κ1) is 14.7. The van der Waals surface area contributed by atoms with Gasteiger partial charge in [0, 0.05) is 18.3 Å². The quantitative estimate of drug-likeness (QED) is 0.853. The first-order chi connectivity index (χ1) is 9.52. The minimum absolute atomic E-state index is 0.356. The number of aromatic nitrogens is 2. The van der Waals surface area contributed by atoms with Gasteiger partial charge in [-0.15, -0.1) is 0 Å². The Labute approximate surface area is 130 Å². The summed E-state index contributed by atoms with van der Waals surface area (Å²) in [7, 11) is 3.42. The van der Waals surface area contributed by atoms with E-state index in [1.54, 1.807) is 13.3 Å². The van der Waals surface area contributed by atoms with Crippen LogP contribution in [0.5, 0.6) is 5.88 Å². The van der Waals surface area contributed by atoms with Crippen molar-refractivity contribution in [3.05, 3.63) is 40.5 Å². The Morgan fingerprint density at radius 2 is 2.20 bits per heavy atom. The highest BCUT2D eigenvalue weighted by Crippen LogP contribution is 2.26. The third-order valence-electron chi connectivity index (χ3n) is 2.71. The summed E-state index contributed by atoms with van der Waals surface area (Å²) in [6.45, 7) is 0.